The van der Waals surface area contributed by atoms with E-state index in [1.165, 1.54) is 0 Å². The van der Waals surface area contributed by atoms with Crippen LogP contribution in [-0.4, -0.2) is 28.2 Å². The van der Waals surface area contributed by atoms with Crippen LogP contribution in [0.25, 0.3) is 0 Å². The Morgan fingerprint density at radius 2 is 1.83 bits per heavy atom. The second-order valence-corrected chi connectivity index (χ2v) is 9.91. The van der Waals surface area contributed by atoms with Crippen LogP contribution in [0, 0.1) is 5.92 Å². The summed E-state index contributed by atoms with van der Waals surface area (Å²) < 4.78 is 7.20. The van der Waals surface area contributed by atoms with Crippen molar-refractivity contribution in [2.75, 3.05) is 6.54 Å². The third-order valence-electron chi connectivity index (χ3n) is 5.91. The van der Waals surface area contributed by atoms with E-state index < -0.39 is 11.2 Å². The van der Waals surface area contributed by atoms with Crippen LogP contribution < -0.4 is 0 Å². The molecule has 1 aliphatic heterocycles. The molecular weight excluding hydrogens is 430 g/mol. The molecular formula is C24H28BrNO3. The average molecular weight is 458 g/mol. The van der Waals surface area contributed by atoms with Crippen molar-refractivity contribution < 1.29 is 14.6 Å². The fourth-order valence-corrected chi connectivity index (χ4v) is 4.84. The molecule has 2 aromatic carbocycles. The molecule has 0 spiro atoms. The Labute approximate surface area is 181 Å². The summed E-state index contributed by atoms with van der Waals surface area (Å²) in [4.78, 5) is 15.2. The molecule has 4 nitrogen and oxygen atoms in total. The van der Waals surface area contributed by atoms with E-state index in [1.54, 1.807) is 13.8 Å². The summed E-state index contributed by atoms with van der Waals surface area (Å²) in [7, 11) is 0. The van der Waals surface area contributed by atoms with E-state index in [0.717, 1.165) is 28.4 Å². The lowest BCUT2D eigenvalue weighted by atomic mass is 9.80. The quantitative estimate of drug-likeness (QED) is 0.596. The van der Waals surface area contributed by atoms with E-state index in [2.05, 4.69) is 28.1 Å². The molecule has 154 valence electrons. The molecule has 0 radical (unpaired) electrons. The Balaban J connectivity index is 1.62. The first kappa shape index (κ1) is 20.4. The molecule has 1 amide bonds. The number of hydrogen-bond acceptors (Lipinski definition) is 3. The molecule has 5 heteroatoms. The zero-order chi connectivity index (χ0) is 20.6. The SMILES string of the molecule is CC(C)(O)C[C@]1(c2ccccc2)CCN(C(c2ccc(Br)cc2)C2CC2)C(=O)O1. The summed E-state index contributed by atoms with van der Waals surface area (Å²) in [5.74, 6) is 0.488. The van der Waals surface area contributed by atoms with E-state index >= 15 is 0 Å². The minimum Gasteiger partial charge on any atom is -0.438 e. The molecule has 0 bridgehead atoms. The summed E-state index contributed by atoms with van der Waals surface area (Å²) >= 11 is 3.49. The minimum absolute atomic E-state index is 0.0477. The molecule has 1 N–H and O–H groups in total. The lowest BCUT2D eigenvalue weighted by Gasteiger charge is -2.46. The first-order valence-electron chi connectivity index (χ1n) is 10.3. The van der Waals surface area contributed by atoms with Crippen molar-refractivity contribution in [1.82, 2.24) is 4.90 Å². The van der Waals surface area contributed by atoms with Gasteiger partial charge in [-0.3, -0.25) is 0 Å². The number of ether oxygens (including phenoxy) is 1. The fraction of sp³-hybridized carbons (Fsp3) is 0.458. The summed E-state index contributed by atoms with van der Waals surface area (Å²) in [6.07, 6.45) is 3.02. The lowest BCUT2D eigenvalue weighted by Crippen LogP contribution is -2.51. The first-order valence-corrected chi connectivity index (χ1v) is 11.1. The van der Waals surface area contributed by atoms with Crippen LogP contribution in [0.4, 0.5) is 4.79 Å². The summed E-state index contributed by atoms with van der Waals surface area (Å²) in [6.45, 7) is 4.15. The van der Waals surface area contributed by atoms with Crippen molar-refractivity contribution in [1.29, 1.82) is 0 Å². The van der Waals surface area contributed by atoms with Gasteiger partial charge in [0.2, 0.25) is 0 Å². The zero-order valence-corrected chi connectivity index (χ0v) is 18.6. The van der Waals surface area contributed by atoms with Crippen molar-refractivity contribution in [2.24, 2.45) is 5.92 Å². The topological polar surface area (TPSA) is 49.8 Å². The largest absolute Gasteiger partial charge is 0.438 e. The number of hydrogen-bond donors (Lipinski definition) is 1. The molecule has 1 saturated heterocycles. The molecule has 2 aromatic rings. The second kappa shape index (κ2) is 7.77. The van der Waals surface area contributed by atoms with Gasteiger partial charge in [-0.1, -0.05) is 58.4 Å². The van der Waals surface area contributed by atoms with E-state index in [-0.39, 0.29) is 12.1 Å². The Bertz CT molecular complexity index is 858. The number of nitrogens with zero attached hydrogens (tertiary/aromatic N) is 1. The van der Waals surface area contributed by atoms with Crippen molar-refractivity contribution in [3.63, 3.8) is 0 Å². The van der Waals surface area contributed by atoms with Crippen LogP contribution in [0.15, 0.2) is 59.1 Å². The first-order chi connectivity index (χ1) is 13.8. The number of benzene rings is 2. The normalized spacial score (nSPS) is 23.6. The van der Waals surface area contributed by atoms with Crippen LogP contribution >= 0.6 is 15.9 Å². The third kappa shape index (κ3) is 4.51. The maximum absolute atomic E-state index is 13.3. The van der Waals surface area contributed by atoms with Crippen LogP contribution in [0.3, 0.4) is 0 Å². The summed E-state index contributed by atoms with van der Waals surface area (Å²) in [5, 5.41) is 10.6. The third-order valence-corrected chi connectivity index (χ3v) is 6.44. The highest BCUT2D eigenvalue weighted by Crippen LogP contribution is 2.48. The number of carbonyl (C=O) groups excluding carboxylic acids is 1. The Morgan fingerprint density at radius 1 is 1.17 bits per heavy atom. The van der Waals surface area contributed by atoms with E-state index in [0.29, 0.717) is 25.3 Å². The number of amides is 1. The molecule has 2 aliphatic rings. The number of rotatable bonds is 6. The van der Waals surface area contributed by atoms with Crippen LogP contribution in [0.5, 0.6) is 0 Å². The predicted octanol–water partition coefficient (Wildman–Crippen LogP) is 5.80. The van der Waals surface area contributed by atoms with Gasteiger partial charge < -0.3 is 14.7 Å². The minimum atomic E-state index is -0.945. The number of carbonyl (C=O) groups is 1. The maximum atomic E-state index is 13.3. The Kier molecular flexibility index (Phi) is 5.47. The zero-order valence-electron chi connectivity index (χ0n) is 17.0. The molecule has 0 aromatic heterocycles. The summed E-state index contributed by atoms with van der Waals surface area (Å²) in [6, 6.07) is 18.1. The smallest absolute Gasteiger partial charge is 0.411 e. The van der Waals surface area contributed by atoms with E-state index in [1.807, 2.05) is 47.4 Å². The lowest BCUT2D eigenvalue weighted by molar-refractivity contribution is -0.103. The molecule has 4 rings (SSSR count). The monoisotopic (exact) mass is 457 g/mol. The molecule has 2 atom stereocenters. The van der Waals surface area contributed by atoms with Gasteiger partial charge in [0.25, 0.3) is 0 Å². The number of cyclic esters (lactones) is 1. The van der Waals surface area contributed by atoms with Gasteiger partial charge >= 0.3 is 6.09 Å². The average Bonchev–Trinajstić information content (AvgIpc) is 3.50. The van der Waals surface area contributed by atoms with Gasteiger partial charge in [0, 0.05) is 23.9 Å². The standard InChI is InChI=1S/C24H28BrNO3/c1-23(2,28)16-24(19-6-4-3-5-7-19)14-15-26(22(27)29-24)21(17-8-9-17)18-10-12-20(25)13-11-18/h3-7,10-13,17,21,28H,8-9,14-16H2,1-2H3/t21?,24-/m0/s1. The highest BCUT2D eigenvalue weighted by molar-refractivity contribution is 9.10. The van der Waals surface area contributed by atoms with Gasteiger partial charge in [0.15, 0.2) is 0 Å². The molecule has 1 aliphatic carbocycles. The van der Waals surface area contributed by atoms with Gasteiger partial charge in [-0.25, -0.2) is 4.79 Å². The number of halogens is 1. The van der Waals surface area contributed by atoms with Crippen molar-refractivity contribution in [3.05, 3.63) is 70.2 Å². The van der Waals surface area contributed by atoms with Crippen molar-refractivity contribution in [3.8, 4) is 0 Å². The van der Waals surface area contributed by atoms with Crippen LogP contribution in [0.2, 0.25) is 0 Å². The molecule has 1 heterocycles. The number of aliphatic hydroxyl groups is 1. The predicted molar refractivity (Wildman–Crippen MR) is 116 cm³/mol. The highest BCUT2D eigenvalue weighted by Gasteiger charge is 2.49. The summed E-state index contributed by atoms with van der Waals surface area (Å²) in [5.41, 5.74) is 0.352. The fourth-order valence-electron chi connectivity index (χ4n) is 4.57. The van der Waals surface area contributed by atoms with Crippen LogP contribution in [-0.2, 0) is 10.3 Å². The maximum Gasteiger partial charge on any atom is 0.411 e. The van der Waals surface area contributed by atoms with Crippen molar-refractivity contribution in [2.45, 2.75) is 56.8 Å². The Hall–Kier alpha value is -1.85. The van der Waals surface area contributed by atoms with Gasteiger partial charge in [-0.2, -0.15) is 0 Å². The molecule has 29 heavy (non-hydrogen) atoms. The molecule has 1 saturated carbocycles. The van der Waals surface area contributed by atoms with Crippen LogP contribution in [0.1, 0.15) is 56.7 Å². The van der Waals surface area contributed by atoms with Gasteiger partial charge in [-0.15, -0.1) is 0 Å². The second-order valence-electron chi connectivity index (χ2n) is 8.99. The van der Waals surface area contributed by atoms with Gasteiger partial charge in [-0.05, 0) is 55.9 Å². The van der Waals surface area contributed by atoms with E-state index in [4.69, 9.17) is 4.74 Å². The van der Waals surface area contributed by atoms with Gasteiger partial charge in [0.1, 0.15) is 5.60 Å². The van der Waals surface area contributed by atoms with Crippen molar-refractivity contribution >= 4 is 22.0 Å². The molecule has 1 unspecified atom stereocenters. The molecule has 2 fully saturated rings. The van der Waals surface area contributed by atoms with Gasteiger partial charge in [0.05, 0.1) is 11.6 Å². The Morgan fingerprint density at radius 3 is 2.38 bits per heavy atom. The highest BCUT2D eigenvalue weighted by atomic mass is 79.9. The van der Waals surface area contributed by atoms with E-state index in [9.17, 15) is 9.90 Å².